The summed E-state index contributed by atoms with van der Waals surface area (Å²) in [6.45, 7) is 3.59. The highest BCUT2D eigenvalue weighted by Gasteiger charge is 2.12. The topological polar surface area (TPSA) is 40.5 Å². The third-order valence-electron chi connectivity index (χ3n) is 2.21. The van der Waals surface area contributed by atoms with Crippen LogP contribution >= 0.6 is 12.6 Å². The third-order valence-corrected chi connectivity index (χ3v) is 2.88. The van der Waals surface area contributed by atoms with E-state index in [2.05, 4.69) is 12.6 Å². The van der Waals surface area contributed by atoms with Gasteiger partial charge in [0.15, 0.2) is 11.5 Å². The summed E-state index contributed by atoms with van der Waals surface area (Å²) in [5, 5.41) is 18.8. The molecule has 0 saturated heterocycles. The Hall–Kier alpha value is -0.765. The smallest absolute Gasteiger partial charge is 0.160 e. The molecule has 0 amide bonds. The minimum Gasteiger partial charge on any atom is -0.505 e. The Balaban J connectivity index is 3.60. The van der Waals surface area contributed by atoms with Crippen LogP contribution in [0.15, 0.2) is 4.90 Å². The number of hydrogen-bond donors (Lipinski definition) is 3. The lowest BCUT2D eigenvalue weighted by atomic mass is 9.88. The van der Waals surface area contributed by atoms with Crippen LogP contribution in [0.2, 0.25) is 0 Å². The minimum atomic E-state index is -0.0666. The van der Waals surface area contributed by atoms with Crippen LogP contribution in [-0.4, -0.2) is 18.1 Å². The fraction of sp³-hybridized carbons (Fsp3) is 0.250. The van der Waals surface area contributed by atoms with Crippen molar-refractivity contribution >= 4 is 25.9 Å². The van der Waals surface area contributed by atoms with Crippen molar-refractivity contribution in [3.05, 3.63) is 11.1 Å². The average molecular weight is 182 g/mol. The van der Waals surface area contributed by atoms with E-state index in [1.54, 1.807) is 14.8 Å². The van der Waals surface area contributed by atoms with Gasteiger partial charge in [0, 0.05) is 10.5 Å². The molecule has 2 nitrogen and oxygen atoms in total. The molecular weight excluding hydrogens is 171 g/mol. The molecule has 0 heterocycles. The van der Waals surface area contributed by atoms with Crippen LogP contribution in [0.1, 0.15) is 11.1 Å². The Morgan fingerprint density at radius 2 is 1.58 bits per heavy atom. The molecule has 0 aliphatic rings. The second-order valence-electron chi connectivity index (χ2n) is 2.92. The van der Waals surface area contributed by atoms with Gasteiger partial charge in [0.2, 0.25) is 0 Å². The van der Waals surface area contributed by atoms with Gasteiger partial charge in [-0.2, -0.15) is 0 Å². The zero-order chi connectivity index (χ0) is 9.46. The summed E-state index contributed by atoms with van der Waals surface area (Å²) in [5.41, 5.74) is 2.22. The lowest BCUT2D eigenvalue weighted by Gasteiger charge is -2.12. The van der Waals surface area contributed by atoms with E-state index < -0.39 is 0 Å². The highest BCUT2D eigenvalue weighted by molar-refractivity contribution is 7.80. The van der Waals surface area contributed by atoms with Crippen LogP contribution in [0.5, 0.6) is 11.5 Å². The predicted molar refractivity (Wildman–Crippen MR) is 54.7 cm³/mol. The zero-order valence-electron chi connectivity index (χ0n) is 7.34. The number of aromatic hydroxyl groups is 2. The van der Waals surface area contributed by atoms with Crippen LogP contribution in [0.4, 0.5) is 0 Å². The molecule has 0 radical (unpaired) electrons. The van der Waals surface area contributed by atoms with Crippen molar-refractivity contribution in [3.63, 3.8) is 0 Å². The fourth-order valence-electron chi connectivity index (χ4n) is 1.10. The average Bonchev–Trinajstić information content (AvgIpc) is 2.08. The van der Waals surface area contributed by atoms with Crippen molar-refractivity contribution < 1.29 is 10.2 Å². The van der Waals surface area contributed by atoms with E-state index in [1.807, 2.05) is 6.92 Å². The first-order valence-corrected chi connectivity index (χ1v) is 4.12. The van der Waals surface area contributed by atoms with Gasteiger partial charge < -0.3 is 10.2 Å². The Bertz CT molecular complexity index is 231. The molecule has 0 saturated carbocycles. The van der Waals surface area contributed by atoms with E-state index in [9.17, 15) is 10.2 Å². The molecule has 0 fully saturated rings. The lowest BCUT2D eigenvalue weighted by molar-refractivity contribution is 0.402. The lowest BCUT2D eigenvalue weighted by Crippen LogP contribution is -2.09. The van der Waals surface area contributed by atoms with Crippen molar-refractivity contribution in [1.82, 2.24) is 0 Å². The summed E-state index contributed by atoms with van der Waals surface area (Å²) in [7, 11) is 1.75. The molecule has 0 unspecified atom stereocenters. The number of rotatable bonds is 0. The molecule has 1 aromatic rings. The van der Waals surface area contributed by atoms with E-state index in [-0.39, 0.29) is 11.5 Å². The van der Waals surface area contributed by atoms with Gasteiger partial charge in [0.1, 0.15) is 7.85 Å². The van der Waals surface area contributed by atoms with Crippen molar-refractivity contribution in [2.75, 3.05) is 0 Å². The molecule has 12 heavy (non-hydrogen) atoms. The van der Waals surface area contributed by atoms with Gasteiger partial charge in [-0.15, -0.1) is 12.6 Å². The van der Waals surface area contributed by atoms with E-state index in [4.69, 9.17) is 0 Å². The van der Waals surface area contributed by atoms with Crippen molar-refractivity contribution in [1.29, 1.82) is 0 Å². The largest absolute Gasteiger partial charge is 0.505 e. The van der Waals surface area contributed by atoms with Gasteiger partial charge in [-0.25, -0.2) is 0 Å². The van der Waals surface area contributed by atoms with E-state index in [0.717, 1.165) is 10.5 Å². The molecule has 0 aliphatic carbocycles. The van der Waals surface area contributed by atoms with Crippen LogP contribution in [0.25, 0.3) is 0 Å². The maximum Gasteiger partial charge on any atom is 0.160 e. The summed E-state index contributed by atoms with van der Waals surface area (Å²) in [4.78, 5) is 0.739. The first-order valence-electron chi connectivity index (χ1n) is 3.67. The van der Waals surface area contributed by atoms with Gasteiger partial charge in [0.05, 0.1) is 0 Å². The maximum atomic E-state index is 9.41. The molecule has 0 spiro atoms. The summed E-state index contributed by atoms with van der Waals surface area (Å²) >= 11 is 4.23. The quantitative estimate of drug-likeness (QED) is 0.306. The Morgan fingerprint density at radius 1 is 1.08 bits per heavy atom. The molecule has 1 aromatic carbocycles. The van der Waals surface area contributed by atoms with Crippen LogP contribution in [0, 0.1) is 13.8 Å². The molecule has 2 N–H and O–H groups in total. The van der Waals surface area contributed by atoms with Crippen molar-refractivity contribution in [3.8, 4) is 11.5 Å². The third kappa shape index (κ3) is 1.16. The highest BCUT2D eigenvalue weighted by atomic mass is 32.1. The van der Waals surface area contributed by atoms with Gasteiger partial charge in [-0.05, 0) is 24.9 Å². The summed E-state index contributed by atoms with van der Waals surface area (Å²) in [5.74, 6) is -0.106. The Kier molecular flexibility index (Phi) is 2.28. The Labute approximate surface area is 78.1 Å². The highest BCUT2D eigenvalue weighted by Crippen LogP contribution is 2.32. The molecular formula is C8H11BO2S. The van der Waals surface area contributed by atoms with E-state index in [0.29, 0.717) is 11.0 Å². The normalized spacial score (nSPS) is 10.2. The first-order chi connectivity index (χ1) is 5.46. The molecule has 0 aromatic heterocycles. The summed E-state index contributed by atoms with van der Waals surface area (Å²) < 4.78 is 0. The summed E-state index contributed by atoms with van der Waals surface area (Å²) in [6, 6.07) is 0. The van der Waals surface area contributed by atoms with E-state index in [1.165, 1.54) is 0 Å². The number of phenols is 2. The molecule has 0 bridgehead atoms. The van der Waals surface area contributed by atoms with Crippen molar-refractivity contribution in [2.45, 2.75) is 18.7 Å². The molecule has 0 atom stereocenters. The molecule has 0 aliphatic heterocycles. The monoisotopic (exact) mass is 182 g/mol. The minimum absolute atomic E-state index is 0.0391. The van der Waals surface area contributed by atoms with Crippen LogP contribution < -0.4 is 5.46 Å². The zero-order valence-corrected chi connectivity index (χ0v) is 8.24. The number of phenolic OH excluding ortho intramolecular Hbond substituents is 2. The maximum absolute atomic E-state index is 9.41. The fourth-order valence-corrected chi connectivity index (χ4v) is 1.38. The molecule has 4 heteroatoms. The molecule has 64 valence electrons. The SMILES string of the molecule is Bc1c(C)c(S)c(C)c(O)c1O. The standard InChI is InChI=1S/C8H11BO2S/c1-3-5(9)7(11)6(10)4(2)8(3)12/h10-12H,9H2,1-2H3. The number of thiol groups is 1. The number of benzene rings is 1. The summed E-state index contributed by atoms with van der Waals surface area (Å²) in [6.07, 6.45) is 0. The van der Waals surface area contributed by atoms with Crippen LogP contribution in [-0.2, 0) is 0 Å². The number of hydrogen-bond acceptors (Lipinski definition) is 3. The molecule has 1 rings (SSSR count). The Morgan fingerprint density at radius 3 is 2.08 bits per heavy atom. The van der Waals surface area contributed by atoms with E-state index >= 15 is 0 Å². The van der Waals surface area contributed by atoms with Gasteiger partial charge >= 0.3 is 0 Å². The first kappa shape index (κ1) is 9.32. The second kappa shape index (κ2) is 2.94. The van der Waals surface area contributed by atoms with Gasteiger partial charge in [0.25, 0.3) is 0 Å². The van der Waals surface area contributed by atoms with Crippen LogP contribution in [0.3, 0.4) is 0 Å². The van der Waals surface area contributed by atoms with Gasteiger partial charge in [-0.3, -0.25) is 0 Å². The van der Waals surface area contributed by atoms with Gasteiger partial charge in [-0.1, -0.05) is 0 Å². The van der Waals surface area contributed by atoms with Crippen molar-refractivity contribution in [2.24, 2.45) is 0 Å². The second-order valence-corrected chi connectivity index (χ2v) is 3.37. The predicted octanol–water partition coefficient (Wildman–Crippen LogP) is 0.262.